The second kappa shape index (κ2) is 7.44. The summed E-state index contributed by atoms with van der Waals surface area (Å²) in [6.07, 6.45) is 1.13. The molecular formula is C17H26O3. The van der Waals surface area contributed by atoms with Crippen molar-refractivity contribution in [1.29, 1.82) is 0 Å². The van der Waals surface area contributed by atoms with Crippen LogP contribution in [-0.4, -0.2) is 23.3 Å². The van der Waals surface area contributed by atoms with Gasteiger partial charge in [0.1, 0.15) is 0 Å². The SMILES string of the molecule is CCCC(O)(C(=O)OCC)C(c1ccccc1)C(C)C. The zero-order valence-electron chi connectivity index (χ0n) is 12.9. The molecule has 0 heterocycles. The molecule has 3 heteroatoms. The molecule has 2 atom stereocenters. The third kappa shape index (κ3) is 3.60. The van der Waals surface area contributed by atoms with E-state index in [1.165, 1.54) is 0 Å². The van der Waals surface area contributed by atoms with Crippen LogP contribution < -0.4 is 0 Å². The zero-order valence-corrected chi connectivity index (χ0v) is 12.9. The third-order valence-corrected chi connectivity index (χ3v) is 3.60. The summed E-state index contributed by atoms with van der Waals surface area (Å²) in [7, 11) is 0. The summed E-state index contributed by atoms with van der Waals surface area (Å²) in [6.45, 7) is 8.06. The molecule has 0 fully saturated rings. The van der Waals surface area contributed by atoms with Crippen LogP contribution in [0.4, 0.5) is 0 Å². The second-order valence-electron chi connectivity index (χ2n) is 5.53. The molecule has 112 valence electrons. The highest BCUT2D eigenvalue weighted by molar-refractivity contribution is 5.80. The Morgan fingerprint density at radius 3 is 2.30 bits per heavy atom. The first-order valence-corrected chi connectivity index (χ1v) is 7.41. The van der Waals surface area contributed by atoms with Crippen LogP contribution in [-0.2, 0) is 9.53 Å². The van der Waals surface area contributed by atoms with Crippen molar-refractivity contribution in [3.63, 3.8) is 0 Å². The Balaban J connectivity index is 3.22. The summed E-state index contributed by atoms with van der Waals surface area (Å²) in [5.74, 6) is -0.634. The third-order valence-electron chi connectivity index (χ3n) is 3.60. The van der Waals surface area contributed by atoms with Crippen molar-refractivity contribution < 1.29 is 14.6 Å². The molecule has 1 rings (SSSR count). The Bertz CT molecular complexity index is 414. The first-order valence-electron chi connectivity index (χ1n) is 7.41. The van der Waals surface area contributed by atoms with Crippen LogP contribution >= 0.6 is 0 Å². The molecule has 0 amide bonds. The van der Waals surface area contributed by atoms with Gasteiger partial charge in [0.15, 0.2) is 5.60 Å². The molecule has 1 aromatic carbocycles. The number of aliphatic hydroxyl groups is 1. The highest BCUT2D eigenvalue weighted by Gasteiger charge is 2.46. The Morgan fingerprint density at radius 1 is 1.25 bits per heavy atom. The summed E-state index contributed by atoms with van der Waals surface area (Å²) in [6, 6.07) is 9.73. The Labute approximate surface area is 122 Å². The largest absolute Gasteiger partial charge is 0.464 e. The Hall–Kier alpha value is -1.35. The van der Waals surface area contributed by atoms with E-state index < -0.39 is 11.6 Å². The molecule has 3 nitrogen and oxygen atoms in total. The minimum absolute atomic E-state index is 0.137. The smallest absolute Gasteiger partial charge is 0.338 e. The quantitative estimate of drug-likeness (QED) is 0.776. The van der Waals surface area contributed by atoms with Gasteiger partial charge in [-0.2, -0.15) is 0 Å². The van der Waals surface area contributed by atoms with Crippen LogP contribution in [0.2, 0.25) is 0 Å². The summed E-state index contributed by atoms with van der Waals surface area (Å²) in [5, 5.41) is 11.0. The topological polar surface area (TPSA) is 46.5 Å². The lowest BCUT2D eigenvalue weighted by Gasteiger charge is -2.36. The fraction of sp³-hybridized carbons (Fsp3) is 0.588. The fourth-order valence-corrected chi connectivity index (χ4v) is 2.89. The van der Waals surface area contributed by atoms with Crippen molar-refractivity contribution in [2.24, 2.45) is 5.92 Å². The average molecular weight is 278 g/mol. The Morgan fingerprint density at radius 2 is 1.85 bits per heavy atom. The average Bonchev–Trinajstić information content (AvgIpc) is 2.40. The van der Waals surface area contributed by atoms with Crippen LogP contribution in [0.25, 0.3) is 0 Å². The van der Waals surface area contributed by atoms with E-state index in [0.717, 1.165) is 12.0 Å². The highest BCUT2D eigenvalue weighted by Crippen LogP contribution is 2.39. The van der Waals surface area contributed by atoms with E-state index in [2.05, 4.69) is 0 Å². The molecule has 0 radical (unpaired) electrons. The van der Waals surface area contributed by atoms with Crippen LogP contribution in [0.5, 0.6) is 0 Å². The predicted octanol–water partition coefficient (Wildman–Crippen LogP) is 3.52. The molecule has 0 aromatic heterocycles. The molecule has 0 bridgehead atoms. The van der Waals surface area contributed by atoms with Crippen molar-refractivity contribution >= 4 is 5.97 Å². The van der Waals surface area contributed by atoms with Crippen molar-refractivity contribution in [2.45, 2.75) is 52.1 Å². The summed E-state index contributed by atoms with van der Waals surface area (Å²) < 4.78 is 5.12. The van der Waals surface area contributed by atoms with Crippen molar-refractivity contribution in [3.8, 4) is 0 Å². The van der Waals surface area contributed by atoms with Gasteiger partial charge in [0.2, 0.25) is 0 Å². The maximum Gasteiger partial charge on any atom is 0.338 e. The molecular weight excluding hydrogens is 252 g/mol. The van der Waals surface area contributed by atoms with Crippen molar-refractivity contribution in [3.05, 3.63) is 35.9 Å². The van der Waals surface area contributed by atoms with Gasteiger partial charge < -0.3 is 9.84 Å². The fourth-order valence-electron chi connectivity index (χ4n) is 2.89. The number of rotatable bonds is 7. The van der Waals surface area contributed by atoms with Gasteiger partial charge in [0.05, 0.1) is 6.61 Å². The molecule has 2 unspecified atom stereocenters. The highest BCUT2D eigenvalue weighted by atomic mass is 16.5. The van der Waals surface area contributed by atoms with Gasteiger partial charge in [-0.25, -0.2) is 4.79 Å². The Kier molecular flexibility index (Phi) is 6.21. The lowest BCUT2D eigenvalue weighted by molar-refractivity contribution is -0.170. The number of ether oxygens (including phenoxy) is 1. The van der Waals surface area contributed by atoms with E-state index in [9.17, 15) is 9.90 Å². The number of hydrogen-bond acceptors (Lipinski definition) is 3. The zero-order chi connectivity index (χ0) is 15.2. The van der Waals surface area contributed by atoms with Crippen LogP contribution in [0.3, 0.4) is 0 Å². The molecule has 20 heavy (non-hydrogen) atoms. The maximum absolute atomic E-state index is 12.3. The minimum atomic E-state index is -1.46. The van der Waals surface area contributed by atoms with Gasteiger partial charge in [-0.05, 0) is 24.8 Å². The van der Waals surface area contributed by atoms with Gasteiger partial charge in [-0.15, -0.1) is 0 Å². The number of hydrogen-bond donors (Lipinski definition) is 1. The van der Waals surface area contributed by atoms with Crippen LogP contribution in [0.1, 0.15) is 52.0 Å². The molecule has 0 spiro atoms. The molecule has 1 N–H and O–H groups in total. The summed E-state index contributed by atoms with van der Waals surface area (Å²) in [4.78, 5) is 12.3. The van der Waals surface area contributed by atoms with Crippen molar-refractivity contribution in [2.75, 3.05) is 6.61 Å². The molecule has 1 aromatic rings. The predicted molar refractivity (Wildman–Crippen MR) is 80.5 cm³/mol. The van der Waals surface area contributed by atoms with Gasteiger partial charge in [0.25, 0.3) is 0 Å². The maximum atomic E-state index is 12.3. The molecule has 0 saturated carbocycles. The number of carbonyl (C=O) groups excluding carboxylic acids is 1. The van der Waals surface area contributed by atoms with E-state index in [-0.39, 0.29) is 18.4 Å². The number of benzene rings is 1. The molecule has 0 aliphatic rings. The van der Waals surface area contributed by atoms with Gasteiger partial charge in [0, 0.05) is 5.92 Å². The normalized spacial score (nSPS) is 15.7. The number of carbonyl (C=O) groups is 1. The number of esters is 1. The first-order chi connectivity index (χ1) is 9.47. The van der Waals surface area contributed by atoms with E-state index in [4.69, 9.17) is 4.74 Å². The van der Waals surface area contributed by atoms with E-state index in [1.807, 2.05) is 51.1 Å². The van der Waals surface area contributed by atoms with E-state index in [1.54, 1.807) is 6.92 Å². The molecule has 0 saturated heterocycles. The van der Waals surface area contributed by atoms with E-state index in [0.29, 0.717) is 6.42 Å². The van der Waals surface area contributed by atoms with Crippen LogP contribution in [0, 0.1) is 5.92 Å². The molecule has 0 aliphatic carbocycles. The second-order valence-corrected chi connectivity index (χ2v) is 5.53. The van der Waals surface area contributed by atoms with Gasteiger partial charge >= 0.3 is 5.97 Å². The lowest BCUT2D eigenvalue weighted by atomic mass is 9.73. The van der Waals surface area contributed by atoms with Gasteiger partial charge in [-0.1, -0.05) is 57.5 Å². The first kappa shape index (κ1) is 16.7. The van der Waals surface area contributed by atoms with Crippen LogP contribution in [0.15, 0.2) is 30.3 Å². The lowest BCUT2D eigenvalue weighted by Crippen LogP contribution is -2.47. The van der Waals surface area contributed by atoms with Gasteiger partial charge in [-0.3, -0.25) is 0 Å². The van der Waals surface area contributed by atoms with Crippen molar-refractivity contribution in [1.82, 2.24) is 0 Å². The standard InChI is InChI=1S/C17H26O3/c1-5-12-17(19,16(18)20-6-2)15(13(3)4)14-10-8-7-9-11-14/h7-11,13,15,19H,5-6,12H2,1-4H3. The molecule has 0 aliphatic heterocycles. The minimum Gasteiger partial charge on any atom is -0.464 e. The summed E-state index contributed by atoms with van der Waals surface area (Å²) in [5.41, 5.74) is -0.480. The monoisotopic (exact) mass is 278 g/mol. The summed E-state index contributed by atoms with van der Waals surface area (Å²) >= 11 is 0. The van der Waals surface area contributed by atoms with E-state index >= 15 is 0 Å².